The van der Waals surface area contributed by atoms with E-state index in [-0.39, 0.29) is 17.7 Å². The third kappa shape index (κ3) is 4.10. The fourth-order valence-electron chi connectivity index (χ4n) is 2.12. The summed E-state index contributed by atoms with van der Waals surface area (Å²) < 4.78 is 20.4. The lowest BCUT2D eigenvalue weighted by Crippen LogP contribution is -2.25. The lowest BCUT2D eigenvalue weighted by atomic mass is 10.0. The molecule has 0 aliphatic carbocycles. The summed E-state index contributed by atoms with van der Waals surface area (Å²) in [6.07, 6.45) is -1.68. The number of hydrogen-bond acceptors (Lipinski definition) is 6. The molecule has 0 radical (unpaired) electrons. The molecule has 8 nitrogen and oxygen atoms in total. The molecule has 0 unspecified atom stereocenters. The first-order chi connectivity index (χ1) is 9.80. The number of carbonyl (C=O) groups is 1. The van der Waals surface area contributed by atoms with Crippen molar-refractivity contribution in [3.05, 3.63) is 29.3 Å². The fraction of sp³-hybridized carbons (Fsp3) is 0.417. The number of hydrogen-bond donors (Lipinski definition) is 4. The maximum absolute atomic E-state index is 10.6. The summed E-state index contributed by atoms with van der Waals surface area (Å²) >= 11 is 0. The van der Waals surface area contributed by atoms with Gasteiger partial charge in [-0.15, -0.1) is 0 Å². The topological polar surface area (TPSA) is 134 Å². The van der Waals surface area contributed by atoms with E-state index in [1.54, 1.807) is 6.07 Å². The molecule has 0 saturated carbocycles. The largest absolute Gasteiger partial charge is 0.507 e. The van der Waals surface area contributed by atoms with Crippen molar-refractivity contribution < 1.29 is 38.6 Å². The zero-order valence-corrected chi connectivity index (χ0v) is 11.7. The molecule has 21 heavy (non-hydrogen) atoms. The summed E-state index contributed by atoms with van der Waals surface area (Å²) in [4.78, 5) is 27.9. The molecule has 1 aliphatic heterocycles. The van der Waals surface area contributed by atoms with Gasteiger partial charge in [0.1, 0.15) is 11.9 Å². The highest BCUT2D eigenvalue weighted by Gasteiger charge is 2.36. The van der Waals surface area contributed by atoms with E-state index in [1.165, 1.54) is 12.1 Å². The highest BCUT2D eigenvalue weighted by molar-refractivity contribution is 7.46. The Kier molecular flexibility index (Phi) is 4.77. The van der Waals surface area contributed by atoms with Crippen LogP contribution in [0.15, 0.2) is 18.2 Å². The van der Waals surface area contributed by atoms with Gasteiger partial charge in [0.05, 0.1) is 24.4 Å². The summed E-state index contributed by atoms with van der Waals surface area (Å²) in [6, 6.07) is 4.35. The number of phosphoric ester groups is 1. The van der Waals surface area contributed by atoms with Crippen LogP contribution in [0.1, 0.15) is 28.4 Å². The molecule has 1 heterocycles. The van der Waals surface area contributed by atoms with Crippen LogP contribution < -0.4 is 0 Å². The number of aldehydes is 1. The standard InChI is InChI=1S/C12H15O8P/c13-5-8-2-1-7(3-9(8)14)11-4-10(15)12(20-11)6-19-21(16,17)18/h1-3,5,10-12,14-15H,4,6H2,(H2,16,17,18)/t10-,11+,12+/m0/s1. The Morgan fingerprint density at radius 1 is 1.43 bits per heavy atom. The number of rotatable bonds is 5. The minimum atomic E-state index is -4.62. The Bertz CT molecular complexity index is 568. The Morgan fingerprint density at radius 3 is 2.71 bits per heavy atom. The van der Waals surface area contributed by atoms with Crippen LogP contribution in [-0.2, 0) is 13.8 Å². The van der Waals surface area contributed by atoms with E-state index in [0.717, 1.165) is 0 Å². The van der Waals surface area contributed by atoms with Gasteiger partial charge in [-0.2, -0.15) is 0 Å². The van der Waals surface area contributed by atoms with Crippen LogP contribution in [0.2, 0.25) is 0 Å². The maximum Gasteiger partial charge on any atom is 0.469 e. The molecule has 4 N–H and O–H groups in total. The SMILES string of the molecule is O=Cc1ccc([C@H]2C[C@H](O)[C@@H](COP(=O)(O)O)O2)cc1O. The summed E-state index contributed by atoms with van der Waals surface area (Å²) in [5.74, 6) is -0.199. The predicted molar refractivity (Wildman–Crippen MR) is 69.7 cm³/mol. The first kappa shape index (κ1) is 16.1. The minimum absolute atomic E-state index is 0.138. The van der Waals surface area contributed by atoms with E-state index < -0.39 is 32.7 Å². The van der Waals surface area contributed by atoms with Crippen LogP contribution in [0.25, 0.3) is 0 Å². The molecule has 1 aromatic carbocycles. The van der Waals surface area contributed by atoms with E-state index >= 15 is 0 Å². The molecule has 1 aromatic rings. The third-order valence-corrected chi connectivity index (χ3v) is 3.67. The zero-order valence-electron chi connectivity index (χ0n) is 10.8. The molecular weight excluding hydrogens is 303 g/mol. The van der Waals surface area contributed by atoms with Gasteiger partial charge in [-0.1, -0.05) is 6.07 Å². The Balaban J connectivity index is 2.05. The zero-order chi connectivity index (χ0) is 15.6. The average Bonchev–Trinajstić information content (AvgIpc) is 2.77. The predicted octanol–water partition coefficient (Wildman–Crippen LogP) is 0.505. The van der Waals surface area contributed by atoms with Gasteiger partial charge in [0.15, 0.2) is 6.29 Å². The van der Waals surface area contributed by atoms with Gasteiger partial charge in [-0.3, -0.25) is 9.32 Å². The second kappa shape index (κ2) is 6.23. The summed E-state index contributed by atoms with van der Waals surface area (Å²) in [5.41, 5.74) is 0.689. The van der Waals surface area contributed by atoms with Gasteiger partial charge >= 0.3 is 7.82 Å². The number of carbonyl (C=O) groups excluding carboxylic acids is 1. The molecule has 0 amide bonds. The number of aliphatic hydroxyl groups excluding tert-OH is 1. The molecule has 1 saturated heterocycles. The van der Waals surface area contributed by atoms with Crippen LogP contribution >= 0.6 is 7.82 Å². The number of phenolic OH excluding ortho intramolecular Hbond substituents is 1. The second-order valence-corrected chi connectivity index (χ2v) is 5.93. The van der Waals surface area contributed by atoms with Gasteiger partial charge in [0.2, 0.25) is 0 Å². The van der Waals surface area contributed by atoms with Crippen molar-refractivity contribution >= 4 is 14.1 Å². The minimum Gasteiger partial charge on any atom is -0.507 e. The van der Waals surface area contributed by atoms with E-state index in [1.807, 2.05) is 0 Å². The summed E-state index contributed by atoms with van der Waals surface area (Å²) in [5, 5.41) is 19.4. The van der Waals surface area contributed by atoms with E-state index in [9.17, 15) is 19.6 Å². The molecule has 2 rings (SSSR count). The summed E-state index contributed by atoms with van der Waals surface area (Å²) in [7, 11) is -4.62. The van der Waals surface area contributed by atoms with Gasteiger partial charge in [-0.05, 0) is 17.7 Å². The average molecular weight is 318 g/mol. The second-order valence-electron chi connectivity index (χ2n) is 4.69. The number of aliphatic hydroxyl groups is 1. The monoisotopic (exact) mass is 318 g/mol. The van der Waals surface area contributed by atoms with Crippen molar-refractivity contribution in [1.29, 1.82) is 0 Å². The van der Waals surface area contributed by atoms with Gasteiger partial charge < -0.3 is 24.7 Å². The highest BCUT2D eigenvalue weighted by Crippen LogP contribution is 2.39. The summed E-state index contributed by atoms with van der Waals surface area (Å²) in [6.45, 7) is -0.444. The van der Waals surface area contributed by atoms with E-state index in [2.05, 4.69) is 4.52 Å². The Labute approximate surface area is 120 Å². The Morgan fingerprint density at radius 2 is 2.14 bits per heavy atom. The molecular formula is C12H15O8P. The molecule has 0 bridgehead atoms. The molecule has 1 aliphatic rings. The smallest absolute Gasteiger partial charge is 0.469 e. The van der Waals surface area contributed by atoms with Crippen molar-refractivity contribution in [3.63, 3.8) is 0 Å². The van der Waals surface area contributed by atoms with Crippen molar-refractivity contribution in [3.8, 4) is 5.75 Å². The molecule has 0 aromatic heterocycles. The maximum atomic E-state index is 10.6. The third-order valence-electron chi connectivity index (χ3n) is 3.18. The molecule has 9 heteroatoms. The molecule has 1 fully saturated rings. The van der Waals surface area contributed by atoms with Crippen LogP contribution in [0.4, 0.5) is 0 Å². The van der Waals surface area contributed by atoms with Crippen molar-refractivity contribution in [2.24, 2.45) is 0 Å². The highest BCUT2D eigenvalue weighted by atomic mass is 31.2. The lowest BCUT2D eigenvalue weighted by Gasteiger charge is -2.15. The number of phenols is 1. The molecule has 3 atom stereocenters. The number of ether oxygens (including phenoxy) is 1. The number of aromatic hydroxyl groups is 1. The number of benzene rings is 1. The van der Waals surface area contributed by atoms with Crippen molar-refractivity contribution in [1.82, 2.24) is 0 Å². The van der Waals surface area contributed by atoms with Gasteiger partial charge in [-0.25, -0.2) is 4.57 Å². The van der Waals surface area contributed by atoms with Gasteiger partial charge in [0, 0.05) is 6.42 Å². The Hall–Kier alpha value is -1.28. The number of phosphoric acid groups is 1. The molecule has 0 spiro atoms. The van der Waals surface area contributed by atoms with E-state index in [4.69, 9.17) is 14.5 Å². The lowest BCUT2D eigenvalue weighted by molar-refractivity contribution is -0.0221. The van der Waals surface area contributed by atoms with E-state index in [0.29, 0.717) is 11.8 Å². The van der Waals surface area contributed by atoms with Crippen LogP contribution in [0.3, 0.4) is 0 Å². The normalized spacial score (nSPS) is 26.0. The van der Waals surface area contributed by atoms with Crippen molar-refractivity contribution in [2.45, 2.75) is 24.7 Å². The first-order valence-corrected chi connectivity index (χ1v) is 7.65. The first-order valence-electron chi connectivity index (χ1n) is 6.12. The van der Waals surface area contributed by atoms with Crippen LogP contribution in [0.5, 0.6) is 5.75 Å². The fourth-order valence-corrected chi connectivity index (χ4v) is 2.47. The quantitative estimate of drug-likeness (QED) is 0.456. The van der Waals surface area contributed by atoms with Crippen LogP contribution in [0, 0.1) is 0 Å². The molecule has 116 valence electrons. The van der Waals surface area contributed by atoms with Gasteiger partial charge in [0.25, 0.3) is 0 Å². The van der Waals surface area contributed by atoms with Crippen LogP contribution in [-0.4, -0.2) is 45.1 Å². The van der Waals surface area contributed by atoms with Crippen molar-refractivity contribution in [2.75, 3.05) is 6.61 Å².